The van der Waals surface area contributed by atoms with Crippen molar-refractivity contribution in [2.24, 2.45) is 7.05 Å². The molecule has 0 fully saturated rings. The Bertz CT molecular complexity index is 749. The van der Waals surface area contributed by atoms with E-state index in [0.717, 1.165) is 16.9 Å². The van der Waals surface area contributed by atoms with E-state index in [2.05, 4.69) is 15.3 Å². The SMILES string of the molecule is Cn1nncc1C(=O)N(CC(F)(F)F)C1CCCc2cccnc21.I. The Labute approximate surface area is 159 Å². The Hall–Kier alpha value is -1.72. The highest BCUT2D eigenvalue weighted by Crippen LogP contribution is 2.35. The predicted octanol–water partition coefficient (Wildman–Crippen LogP) is 2.91. The summed E-state index contributed by atoms with van der Waals surface area (Å²) in [6.07, 6.45) is 0.105. The van der Waals surface area contributed by atoms with Crippen molar-refractivity contribution in [1.29, 1.82) is 0 Å². The molecule has 0 N–H and O–H groups in total. The minimum Gasteiger partial charge on any atom is -0.320 e. The molecule has 2 heterocycles. The van der Waals surface area contributed by atoms with Gasteiger partial charge in [-0.15, -0.1) is 29.1 Å². The zero-order valence-corrected chi connectivity index (χ0v) is 15.7. The lowest BCUT2D eigenvalue weighted by Crippen LogP contribution is -2.43. The zero-order valence-electron chi connectivity index (χ0n) is 13.4. The molecule has 0 spiro atoms. The van der Waals surface area contributed by atoms with Crippen LogP contribution in [0.2, 0.25) is 0 Å². The summed E-state index contributed by atoms with van der Waals surface area (Å²) >= 11 is 0. The van der Waals surface area contributed by atoms with Gasteiger partial charge in [-0.2, -0.15) is 13.2 Å². The number of pyridine rings is 1. The average molecular weight is 467 g/mol. The van der Waals surface area contributed by atoms with E-state index in [4.69, 9.17) is 0 Å². The first-order valence-corrected chi connectivity index (χ1v) is 7.53. The van der Waals surface area contributed by atoms with Crippen LogP contribution in [0.3, 0.4) is 0 Å². The molecule has 3 rings (SSSR count). The Kier molecular flexibility index (Phi) is 6.01. The number of rotatable bonds is 3. The van der Waals surface area contributed by atoms with E-state index in [1.54, 1.807) is 12.3 Å². The first-order chi connectivity index (χ1) is 11.4. The minimum absolute atomic E-state index is 0. The number of halogens is 4. The number of hydrogen-bond acceptors (Lipinski definition) is 4. The normalized spacial score (nSPS) is 16.7. The van der Waals surface area contributed by atoms with Crippen LogP contribution in [0.15, 0.2) is 24.5 Å². The summed E-state index contributed by atoms with van der Waals surface area (Å²) in [6.45, 7) is -1.34. The van der Waals surface area contributed by atoms with Crippen LogP contribution in [0.5, 0.6) is 0 Å². The number of nitrogens with zero attached hydrogens (tertiary/aromatic N) is 5. The summed E-state index contributed by atoms with van der Waals surface area (Å²) in [5.74, 6) is -0.747. The lowest BCUT2D eigenvalue weighted by Gasteiger charge is -2.35. The lowest BCUT2D eigenvalue weighted by molar-refractivity contribution is -0.145. The van der Waals surface area contributed by atoms with Gasteiger partial charge in [-0.05, 0) is 30.9 Å². The third-order valence-electron chi connectivity index (χ3n) is 4.09. The van der Waals surface area contributed by atoms with Crippen LogP contribution in [0, 0.1) is 0 Å². The third-order valence-corrected chi connectivity index (χ3v) is 4.09. The fraction of sp³-hybridized carbons (Fsp3) is 0.467. The molecule has 1 atom stereocenters. The van der Waals surface area contributed by atoms with Crippen LogP contribution in [0.25, 0.3) is 0 Å². The van der Waals surface area contributed by atoms with Crippen molar-refractivity contribution in [3.05, 3.63) is 41.5 Å². The Morgan fingerprint density at radius 1 is 1.44 bits per heavy atom. The van der Waals surface area contributed by atoms with Gasteiger partial charge in [-0.1, -0.05) is 11.3 Å². The smallest absolute Gasteiger partial charge is 0.320 e. The van der Waals surface area contributed by atoms with Crippen molar-refractivity contribution in [2.45, 2.75) is 31.5 Å². The molecule has 2 aromatic heterocycles. The highest BCUT2D eigenvalue weighted by molar-refractivity contribution is 14.0. The van der Waals surface area contributed by atoms with Gasteiger partial charge in [-0.3, -0.25) is 9.78 Å². The number of carbonyl (C=O) groups is 1. The molecule has 2 aromatic rings. The third kappa shape index (κ3) is 4.28. The van der Waals surface area contributed by atoms with Gasteiger partial charge in [0.25, 0.3) is 5.91 Å². The molecule has 1 unspecified atom stereocenters. The number of aromatic nitrogens is 4. The Morgan fingerprint density at radius 3 is 2.84 bits per heavy atom. The summed E-state index contributed by atoms with van der Waals surface area (Å²) in [5.41, 5.74) is 1.44. The average Bonchev–Trinajstić information content (AvgIpc) is 2.97. The summed E-state index contributed by atoms with van der Waals surface area (Å²) in [6, 6.07) is 2.89. The van der Waals surface area contributed by atoms with E-state index in [9.17, 15) is 18.0 Å². The highest BCUT2D eigenvalue weighted by atomic mass is 127. The van der Waals surface area contributed by atoms with Crippen LogP contribution < -0.4 is 0 Å². The highest BCUT2D eigenvalue weighted by Gasteiger charge is 2.40. The van der Waals surface area contributed by atoms with E-state index < -0.39 is 24.7 Å². The minimum atomic E-state index is -4.51. The molecular formula is C15H17F3IN5O. The summed E-state index contributed by atoms with van der Waals surface area (Å²) in [4.78, 5) is 17.8. The predicted molar refractivity (Wildman–Crippen MR) is 93.4 cm³/mol. The summed E-state index contributed by atoms with van der Waals surface area (Å²) < 4.78 is 40.4. The molecule has 0 saturated heterocycles. The van der Waals surface area contributed by atoms with Gasteiger partial charge >= 0.3 is 6.18 Å². The molecule has 0 bridgehead atoms. The molecule has 0 aliphatic heterocycles. The molecule has 1 amide bonds. The molecule has 0 radical (unpaired) electrons. The monoisotopic (exact) mass is 467 g/mol. The molecule has 0 aromatic carbocycles. The standard InChI is InChI=1S/C15H16F3N5O.HI/c1-22-12(8-20-21-22)14(24)23(9-15(16,17)18)11-6-2-4-10-5-3-7-19-13(10)11;/h3,5,7-8,11H,2,4,6,9H2,1H3;1H. The van der Waals surface area contributed by atoms with Crippen LogP contribution in [0.4, 0.5) is 13.2 Å². The molecular weight excluding hydrogens is 450 g/mol. The van der Waals surface area contributed by atoms with Gasteiger partial charge < -0.3 is 4.90 Å². The van der Waals surface area contributed by atoms with Crippen molar-refractivity contribution < 1.29 is 18.0 Å². The van der Waals surface area contributed by atoms with Gasteiger partial charge in [0.15, 0.2) is 0 Å². The van der Waals surface area contributed by atoms with E-state index in [1.807, 2.05) is 6.07 Å². The van der Waals surface area contributed by atoms with Crippen molar-refractivity contribution in [3.8, 4) is 0 Å². The summed E-state index contributed by atoms with van der Waals surface area (Å²) in [7, 11) is 1.47. The van der Waals surface area contributed by atoms with Gasteiger partial charge in [-0.25, -0.2) is 4.68 Å². The van der Waals surface area contributed by atoms with Crippen LogP contribution >= 0.6 is 24.0 Å². The number of aryl methyl sites for hydroxylation is 2. The van der Waals surface area contributed by atoms with Gasteiger partial charge in [0.2, 0.25) is 0 Å². The molecule has 1 aliphatic rings. The van der Waals surface area contributed by atoms with Gasteiger partial charge in [0.1, 0.15) is 12.2 Å². The number of amides is 1. The van der Waals surface area contributed by atoms with Crippen molar-refractivity contribution in [2.75, 3.05) is 6.54 Å². The summed E-state index contributed by atoms with van der Waals surface area (Å²) in [5, 5.41) is 7.21. The number of carbonyl (C=O) groups excluding carboxylic acids is 1. The van der Waals surface area contributed by atoms with E-state index >= 15 is 0 Å². The molecule has 0 saturated carbocycles. The molecule has 25 heavy (non-hydrogen) atoms. The van der Waals surface area contributed by atoms with Gasteiger partial charge in [0.05, 0.1) is 17.9 Å². The fourth-order valence-electron chi connectivity index (χ4n) is 3.04. The van der Waals surface area contributed by atoms with Crippen molar-refractivity contribution >= 4 is 29.9 Å². The van der Waals surface area contributed by atoms with Crippen molar-refractivity contribution in [3.63, 3.8) is 0 Å². The van der Waals surface area contributed by atoms with Crippen molar-refractivity contribution in [1.82, 2.24) is 24.9 Å². The van der Waals surface area contributed by atoms with E-state index in [0.29, 0.717) is 18.5 Å². The molecule has 6 nitrogen and oxygen atoms in total. The van der Waals surface area contributed by atoms with E-state index in [1.165, 1.54) is 17.9 Å². The second-order valence-corrected chi connectivity index (χ2v) is 5.75. The second kappa shape index (κ2) is 7.67. The lowest BCUT2D eigenvalue weighted by atomic mass is 9.90. The van der Waals surface area contributed by atoms with E-state index in [-0.39, 0.29) is 29.7 Å². The number of fused-ring (bicyclic) bond motifs is 1. The molecule has 1 aliphatic carbocycles. The number of hydrogen-bond donors (Lipinski definition) is 0. The van der Waals surface area contributed by atoms with Crippen LogP contribution in [-0.4, -0.2) is 43.5 Å². The molecule has 136 valence electrons. The largest absolute Gasteiger partial charge is 0.406 e. The van der Waals surface area contributed by atoms with Crippen LogP contribution in [-0.2, 0) is 13.5 Å². The molecule has 10 heteroatoms. The fourth-order valence-corrected chi connectivity index (χ4v) is 3.04. The van der Waals surface area contributed by atoms with Gasteiger partial charge in [0, 0.05) is 13.2 Å². The number of alkyl halides is 3. The Morgan fingerprint density at radius 2 is 2.20 bits per heavy atom. The maximum Gasteiger partial charge on any atom is 0.406 e. The quantitative estimate of drug-likeness (QED) is 0.652. The Balaban J connectivity index is 0.00000225. The zero-order chi connectivity index (χ0) is 17.3. The first kappa shape index (κ1) is 19.6. The maximum absolute atomic E-state index is 13.1. The maximum atomic E-state index is 13.1. The second-order valence-electron chi connectivity index (χ2n) is 5.75. The first-order valence-electron chi connectivity index (χ1n) is 7.53. The topological polar surface area (TPSA) is 63.9 Å². The van der Waals surface area contributed by atoms with Crippen LogP contribution in [0.1, 0.15) is 40.6 Å².